The molecule has 0 unspecified atom stereocenters. The molecule has 0 atom stereocenters. The lowest BCUT2D eigenvalue weighted by Gasteiger charge is -2.08. The Morgan fingerprint density at radius 3 is 2.35 bits per heavy atom. The normalized spacial score (nSPS) is 11.3. The highest BCUT2D eigenvalue weighted by molar-refractivity contribution is 7.15. The first-order chi connectivity index (χ1) is 10.6. The first-order valence-corrected chi connectivity index (χ1v) is 7.29. The van der Waals surface area contributed by atoms with Crippen LogP contribution in [0.2, 0.25) is 0 Å². The van der Waals surface area contributed by atoms with Gasteiger partial charge in [0.2, 0.25) is 0 Å². The zero-order chi connectivity index (χ0) is 17.4. The number of aromatic carboxylic acids is 1. The van der Waals surface area contributed by atoms with E-state index in [1.165, 1.54) is 5.38 Å². The predicted octanol–water partition coefficient (Wildman–Crippen LogP) is 4.23. The number of amides is 1. The van der Waals surface area contributed by atoms with Gasteiger partial charge in [-0.1, -0.05) is 18.2 Å². The lowest BCUT2D eigenvalue weighted by atomic mass is 9.99. The second-order valence-electron chi connectivity index (χ2n) is 4.91. The fraction of sp³-hybridized carbons (Fsp3) is 0.200. The molecule has 0 radical (unpaired) electrons. The number of carboxylic acids is 1. The summed E-state index contributed by atoms with van der Waals surface area (Å²) < 4.78 is 37.0. The van der Waals surface area contributed by atoms with Crippen molar-refractivity contribution in [3.05, 3.63) is 40.3 Å². The van der Waals surface area contributed by atoms with Gasteiger partial charge in [-0.3, -0.25) is 4.79 Å². The van der Waals surface area contributed by atoms with Crippen LogP contribution in [0.3, 0.4) is 0 Å². The van der Waals surface area contributed by atoms with E-state index in [-0.39, 0.29) is 16.1 Å². The van der Waals surface area contributed by atoms with Crippen molar-refractivity contribution in [2.24, 2.45) is 0 Å². The zero-order valence-corrected chi connectivity index (χ0v) is 12.9. The number of aryl methyl sites for hydroxylation is 2. The van der Waals surface area contributed by atoms with Crippen molar-refractivity contribution in [2.75, 3.05) is 5.32 Å². The smallest absolute Gasteiger partial charge is 0.471 e. The van der Waals surface area contributed by atoms with E-state index in [2.05, 4.69) is 0 Å². The van der Waals surface area contributed by atoms with Crippen molar-refractivity contribution in [1.82, 2.24) is 0 Å². The number of nitrogens with one attached hydrogen (secondary N) is 1. The van der Waals surface area contributed by atoms with Gasteiger partial charge < -0.3 is 10.4 Å². The maximum atomic E-state index is 12.3. The molecule has 8 heteroatoms. The minimum atomic E-state index is -5.08. The Kier molecular flexibility index (Phi) is 4.46. The predicted molar refractivity (Wildman–Crippen MR) is 80.9 cm³/mol. The summed E-state index contributed by atoms with van der Waals surface area (Å²) in [5.74, 6) is -3.61. The van der Waals surface area contributed by atoms with Gasteiger partial charge in [0.1, 0.15) is 10.6 Å². The molecule has 1 amide bonds. The molecule has 0 bridgehead atoms. The third kappa shape index (κ3) is 3.53. The van der Waals surface area contributed by atoms with Crippen molar-refractivity contribution in [1.29, 1.82) is 0 Å². The minimum Gasteiger partial charge on any atom is -0.478 e. The van der Waals surface area contributed by atoms with Crippen LogP contribution in [0.15, 0.2) is 23.6 Å². The van der Waals surface area contributed by atoms with Gasteiger partial charge in [0.05, 0.1) is 0 Å². The van der Waals surface area contributed by atoms with Gasteiger partial charge in [-0.05, 0) is 30.5 Å². The average molecular weight is 343 g/mol. The van der Waals surface area contributed by atoms with Gasteiger partial charge in [-0.2, -0.15) is 13.2 Å². The molecule has 2 aromatic rings. The molecule has 4 nitrogen and oxygen atoms in total. The van der Waals surface area contributed by atoms with Crippen LogP contribution in [0.4, 0.5) is 18.2 Å². The van der Waals surface area contributed by atoms with E-state index in [9.17, 15) is 27.9 Å². The van der Waals surface area contributed by atoms with Crippen LogP contribution >= 0.6 is 11.3 Å². The number of carbonyl (C=O) groups excluding carboxylic acids is 1. The second-order valence-corrected chi connectivity index (χ2v) is 5.79. The van der Waals surface area contributed by atoms with Gasteiger partial charge in [0.15, 0.2) is 0 Å². The number of carboxylic acid groups (broad SMARTS) is 1. The fourth-order valence-electron chi connectivity index (χ4n) is 1.96. The molecule has 0 aliphatic carbocycles. The topological polar surface area (TPSA) is 66.4 Å². The molecule has 122 valence electrons. The molecular weight excluding hydrogens is 331 g/mol. The van der Waals surface area contributed by atoms with Crippen LogP contribution in [0.1, 0.15) is 21.5 Å². The summed E-state index contributed by atoms with van der Waals surface area (Å²) in [6.45, 7) is 3.73. The van der Waals surface area contributed by atoms with E-state index in [4.69, 9.17) is 0 Å². The van der Waals surface area contributed by atoms with Crippen LogP contribution in [0.5, 0.6) is 0 Å². The molecule has 0 spiro atoms. The summed E-state index contributed by atoms with van der Waals surface area (Å²) in [5, 5.41) is 12.0. The van der Waals surface area contributed by atoms with Gasteiger partial charge in [-0.25, -0.2) is 4.79 Å². The number of hydrogen-bond donors (Lipinski definition) is 2. The Morgan fingerprint density at radius 2 is 1.83 bits per heavy atom. The van der Waals surface area contributed by atoms with E-state index in [0.29, 0.717) is 5.56 Å². The molecule has 2 N–H and O–H groups in total. The van der Waals surface area contributed by atoms with E-state index in [1.54, 1.807) is 23.5 Å². The molecule has 23 heavy (non-hydrogen) atoms. The summed E-state index contributed by atoms with van der Waals surface area (Å²) in [5.41, 5.74) is 2.41. The third-order valence-electron chi connectivity index (χ3n) is 3.31. The number of thiophene rings is 1. The highest BCUT2D eigenvalue weighted by Gasteiger charge is 2.39. The maximum absolute atomic E-state index is 12.3. The summed E-state index contributed by atoms with van der Waals surface area (Å²) in [7, 11) is 0. The van der Waals surface area contributed by atoms with Crippen molar-refractivity contribution < 1.29 is 27.9 Å². The largest absolute Gasteiger partial charge is 0.478 e. The summed E-state index contributed by atoms with van der Waals surface area (Å²) in [6.07, 6.45) is -5.08. The zero-order valence-electron chi connectivity index (χ0n) is 12.1. The van der Waals surface area contributed by atoms with E-state index >= 15 is 0 Å². The molecular formula is C15H12F3NO3S. The molecule has 0 saturated carbocycles. The Labute approximate surface area is 133 Å². The quantitative estimate of drug-likeness (QED) is 0.876. The molecule has 1 heterocycles. The van der Waals surface area contributed by atoms with Crippen LogP contribution < -0.4 is 5.32 Å². The molecule has 2 rings (SSSR count). The number of benzene rings is 1. The number of rotatable bonds is 3. The molecule has 1 aromatic heterocycles. The van der Waals surface area contributed by atoms with E-state index < -0.39 is 18.1 Å². The lowest BCUT2D eigenvalue weighted by molar-refractivity contribution is -0.167. The van der Waals surface area contributed by atoms with Crippen molar-refractivity contribution in [3.63, 3.8) is 0 Å². The fourth-order valence-corrected chi connectivity index (χ4v) is 2.91. The Bertz CT molecular complexity index is 781. The van der Waals surface area contributed by atoms with Gasteiger partial charge in [-0.15, -0.1) is 11.3 Å². The van der Waals surface area contributed by atoms with E-state index in [0.717, 1.165) is 22.5 Å². The third-order valence-corrected chi connectivity index (χ3v) is 4.20. The van der Waals surface area contributed by atoms with Crippen LogP contribution in [0.25, 0.3) is 11.1 Å². The van der Waals surface area contributed by atoms with Crippen LogP contribution in [-0.2, 0) is 4.79 Å². The van der Waals surface area contributed by atoms with Crippen molar-refractivity contribution in [3.8, 4) is 11.1 Å². The van der Waals surface area contributed by atoms with Crippen molar-refractivity contribution >= 4 is 28.2 Å². The Balaban J connectivity index is 2.49. The standard InChI is InChI=1S/C15H12F3NO3S/c1-7-3-4-9(5-8(7)2)10-6-23-12(11(10)13(20)21)19-14(22)15(16,17)18/h3-6H,1-2H3,(H,19,22)(H,20,21). The monoisotopic (exact) mass is 343 g/mol. The highest BCUT2D eigenvalue weighted by Crippen LogP contribution is 2.37. The lowest BCUT2D eigenvalue weighted by Crippen LogP contribution is -2.30. The molecule has 0 aliphatic rings. The Hall–Kier alpha value is -2.35. The first-order valence-electron chi connectivity index (χ1n) is 6.42. The molecule has 0 aliphatic heterocycles. The average Bonchev–Trinajstić information content (AvgIpc) is 2.84. The molecule has 1 aromatic carbocycles. The van der Waals surface area contributed by atoms with Crippen LogP contribution in [-0.4, -0.2) is 23.2 Å². The Morgan fingerprint density at radius 1 is 1.17 bits per heavy atom. The summed E-state index contributed by atoms with van der Waals surface area (Å²) in [6, 6.07) is 5.23. The highest BCUT2D eigenvalue weighted by atomic mass is 32.1. The van der Waals surface area contributed by atoms with Gasteiger partial charge in [0, 0.05) is 10.9 Å². The first kappa shape index (κ1) is 17.0. The molecule has 0 saturated heterocycles. The van der Waals surface area contributed by atoms with Gasteiger partial charge in [0.25, 0.3) is 0 Å². The maximum Gasteiger partial charge on any atom is 0.471 e. The van der Waals surface area contributed by atoms with E-state index in [1.807, 2.05) is 13.8 Å². The number of alkyl halides is 3. The SMILES string of the molecule is Cc1ccc(-c2csc(NC(=O)C(F)(F)F)c2C(=O)O)cc1C. The second kappa shape index (κ2) is 6.04. The number of halogens is 3. The summed E-state index contributed by atoms with van der Waals surface area (Å²) in [4.78, 5) is 22.5. The number of anilines is 1. The number of carbonyl (C=O) groups is 2. The summed E-state index contributed by atoms with van der Waals surface area (Å²) >= 11 is 0.741. The number of hydrogen-bond acceptors (Lipinski definition) is 3. The van der Waals surface area contributed by atoms with Crippen LogP contribution in [0, 0.1) is 13.8 Å². The van der Waals surface area contributed by atoms with Crippen molar-refractivity contribution in [2.45, 2.75) is 20.0 Å². The van der Waals surface area contributed by atoms with Gasteiger partial charge >= 0.3 is 18.1 Å². The molecule has 0 fully saturated rings. The minimum absolute atomic E-state index is 0.267.